The van der Waals surface area contributed by atoms with Crippen molar-refractivity contribution < 1.29 is 18.0 Å². The van der Waals surface area contributed by atoms with Crippen molar-refractivity contribution in [3.63, 3.8) is 0 Å². The molecule has 1 N–H and O–H groups in total. The van der Waals surface area contributed by atoms with Gasteiger partial charge in [-0.1, -0.05) is 40.9 Å². The van der Waals surface area contributed by atoms with Crippen LogP contribution in [-0.2, 0) is 21.3 Å². The maximum atomic E-state index is 12.6. The van der Waals surface area contributed by atoms with Gasteiger partial charge in [0.2, 0.25) is 0 Å². The molecule has 0 saturated carbocycles. The van der Waals surface area contributed by atoms with E-state index in [0.29, 0.717) is 6.54 Å². The summed E-state index contributed by atoms with van der Waals surface area (Å²) in [5, 5.41) is 2.90. The van der Waals surface area contributed by atoms with Gasteiger partial charge in [0, 0.05) is 25.2 Å². The first-order chi connectivity index (χ1) is 13.3. The zero-order chi connectivity index (χ0) is 20.7. The molecule has 0 aromatic heterocycles. The third kappa shape index (κ3) is 5.62. The molecule has 2 aromatic carbocycles. The van der Waals surface area contributed by atoms with Crippen LogP contribution in [0, 0.1) is 0 Å². The average molecular weight is 406 g/mol. The van der Waals surface area contributed by atoms with Crippen molar-refractivity contribution >= 4 is 15.9 Å². The van der Waals surface area contributed by atoms with E-state index in [-0.39, 0.29) is 22.4 Å². The fourth-order valence-electron chi connectivity index (χ4n) is 2.68. The van der Waals surface area contributed by atoms with Crippen LogP contribution in [0.5, 0.6) is 0 Å². The fraction of sp³-hybridized carbons (Fsp3) is 0.350. The number of nitrogens with zero attached hydrogens (tertiary/aromatic N) is 2. The van der Waals surface area contributed by atoms with Gasteiger partial charge in [-0.25, -0.2) is 8.42 Å². The monoisotopic (exact) mass is 405 g/mol. The molecule has 152 valence electrons. The number of benzene rings is 2. The van der Waals surface area contributed by atoms with E-state index in [1.165, 1.54) is 31.9 Å². The summed E-state index contributed by atoms with van der Waals surface area (Å²) in [6.07, 6.45) is 0.793. The fourth-order valence-corrected chi connectivity index (χ4v) is 3.70. The second-order valence-electron chi connectivity index (χ2n) is 6.64. The summed E-state index contributed by atoms with van der Waals surface area (Å²) in [7, 11) is 2.69. The van der Waals surface area contributed by atoms with Gasteiger partial charge in [-0.15, -0.1) is 0 Å². The van der Waals surface area contributed by atoms with Crippen molar-refractivity contribution in [2.75, 3.05) is 34.8 Å². The van der Waals surface area contributed by atoms with Crippen molar-refractivity contribution in [1.29, 1.82) is 0 Å². The Labute approximate surface area is 166 Å². The van der Waals surface area contributed by atoms with Crippen LogP contribution in [0.3, 0.4) is 0 Å². The molecule has 1 atom stereocenters. The van der Waals surface area contributed by atoms with Crippen molar-refractivity contribution in [3.8, 4) is 0 Å². The standard InChI is InChI=1S/C20H27N3O4S/c1-22(2)18(13-16-9-6-5-7-10-16)15-21-20(24)17-11-8-12-19(14-17)28(25,26)23(3)27-4/h5-12,14,18H,13,15H2,1-4H3,(H,21,24). The van der Waals surface area contributed by atoms with E-state index in [0.717, 1.165) is 10.9 Å². The number of amides is 1. The van der Waals surface area contributed by atoms with Crippen LogP contribution >= 0.6 is 0 Å². The number of rotatable bonds is 9. The number of hydrogen-bond donors (Lipinski definition) is 1. The molecule has 0 heterocycles. The van der Waals surface area contributed by atoms with E-state index < -0.39 is 10.0 Å². The zero-order valence-electron chi connectivity index (χ0n) is 16.6. The van der Waals surface area contributed by atoms with Gasteiger partial charge in [-0.05, 0) is 44.3 Å². The van der Waals surface area contributed by atoms with Crippen LogP contribution in [0.25, 0.3) is 0 Å². The van der Waals surface area contributed by atoms with E-state index in [1.54, 1.807) is 12.1 Å². The highest BCUT2D eigenvalue weighted by Gasteiger charge is 2.22. The number of nitrogens with one attached hydrogen (secondary N) is 1. The molecule has 0 bridgehead atoms. The Bertz CT molecular complexity index is 885. The molecule has 2 aromatic rings. The summed E-state index contributed by atoms with van der Waals surface area (Å²) in [6, 6.07) is 16.1. The minimum Gasteiger partial charge on any atom is -0.350 e. The number of carbonyl (C=O) groups excluding carboxylic acids is 1. The predicted molar refractivity (Wildman–Crippen MR) is 108 cm³/mol. The normalized spacial score (nSPS) is 12.9. The molecular formula is C20H27N3O4S. The third-order valence-corrected chi connectivity index (χ3v) is 6.21. The number of carbonyl (C=O) groups is 1. The maximum absolute atomic E-state index is 12.6. The molecule has 0 fully saturated rings. The molecule has 0 radical (unpaired) electrons. The van der Waals surface area contributed by atoms with Gasteiger partial charge in [0.1, 0.15) is 0 Å². The van der Waals surface area contributed by atoms with Crippen LogP contribution in [0.1, 0.15) is 15.9 Å². The van der Waals surface area contributed by atoms with E-state index in [1.807, 2.05) is 32.3 Å². The van der Waals surface area contributed by atoms with Gasteiger partial charge >= 0.3 is 0 Å². The Morgan fingerprint density at radius 1 is 1.07 bits per heavy atom. The van der Waals surface area contributed by atoms with E-state index >= 15 is 0 Å². The van der Waals surface area contributed by atoms with Crippen molar-refractivity contribution in [1.82, 2.24) is 14.7 Å². The Morgan fingerprint density at radius 2 is 1.75 bits per heavy atom. The second-order valence-corrected chi connectivity index (χ2v) is 8.58. The lowest BCUT2D eigenvalue weighted by atomic mass is 10.1. The molecule has 2 rings (SSSR count). The Morgan fingerprint density at radius 3 is 2.36 bits per heavy atom. The first-order valence-corrected chi connectivity index (χ1v) is 10.3. The highest BCUT2D eigenvalue weighted by molar-refractivity contribution is 7.89. The highest BCUT2D eigenvalue weighted by Crippen LogP contribution is 2.16. The summed E-state index contributed by atoms with van der Waals surface area (Å²) >= 11 is 0. The molecule has 0 aliphatic carbocycles. The molecule has 0 saturated heterocycles. The molecular weight excluding hydrogens is 378 g/mol. The Hall–Kier alpha value is -2.26. The first kappa shape index (κ1) is 22.0. The van der Waals surface area contributed by atoms with E-state index in [2.05, 4.69) is 22.3 Å². The first-order valence-electron chi connectivity index (χ1n) is 8.87. The molecule has 0 aliphatic heterocycles. The Balaban J connectivity index is 2.08. The van der Waals surface area contributed by atoms with Crippen LogP contribution in [0.15, 0.2) is 59.5 Å². The number of hydrogen-bond acceptors (Lipinski definition) is 5. The van der Waals surface area contributed by atoms with Gasteiger partial charge in [-0.3, -0.25) is 9.63 Å². The smallest absolute Gasteiger partial charge is 0.264 e. The maximum Gasteiger partial charge on any atom is 0.264 e. The van der Waals surface area contributed by atoms with E-state index in [4.69, 9.17) is 4.84 Å². The molecule has 7 nitrogen and oxygen atoms in total. The zero-order valence-corrected chi connectivity index (χ0v) is 17.4. The summed E-state index contributed by atoms with van der Waals surface area (Å²) < 4.78 is 25.5. The van der Waals surface area contributed by atoms with Gasteiger partial charge in [0.15, 0.2) is 0 Å². The molecule has 8 heteroatoms. The number of sulfonamides is 1. The van der Waals surface area contributed by atoms with Crippen LogP contribution < -0.4 is 5.32 Å². The lowest BCUT2D eigenvalue weighted by molar-refractivity contribution is -0.0258. The molecule has 1 unspecified atom stereocenters. The average Bonchev–Trinajstić information content (AvgIpc) is 2.70. The topological polar surface area (TPSA) is 78.9 Å². The minimum atomic E-state index is -3.81. The van der Waals surface area contributed by atoms with Crippen LogP contribution in [0.4, 0.5) is 0 Å². The largest absolute Gasteiger partial charge is 0.350 e. The van der Waals surface area contributed by atoms with Gasteiger partial charge in [0.05, 0.1) is 12.0 Å². The van der Waals surface area contributed by atoms with E-state index in [9.17, 15) is 13.2 Å². The lowest BCUT2D eigenvalue weighted by Gasteiger charge is -2.25. The predicted octanol–water partition coefficient (Wildman–Crippen LogP) is 1.77. The number of likely N-dealkylation sites (N-methyl/N-ethyl adjacent to an activating group) is 1. The van der Waals surface area contributed by atoms with Crippen LogP contribution in [0.2, 0.25) is 0 Å². The van der Waals surface area contributed by atoms with Gasteiger partial charge < -0.3 is 10.2 Å². The van der Waals surface area contributed by atoms with Crippen molar-refractivity contribution in [2.24, 2.45) is 0 Å². The summed E-state index contributed by atoms with van der Waals surface area (Å²) in [5.74, 6) is -0.322. The quantitative estimate of drug-likeness (QED) is 0.644. The van der Waals surface area contributed by atoms with Crippen LogP contribution in [-0.4, -0.2) is 64.5 Å². The molecule has 1 amide bonds. The molecule has 0 spiro atoms. The molecule has 28 heavy (non-hydrogen) atoms. The minimum absolute atomic E-state index is 0.00190. The van der Waals surface area contributed by atoms with Gasteiger partial charge in [0.25, 0.3) is 15.9 Å². The van der Waals surface area contributed by atoms with Gasteiger partial charge in [-0.2, -0.15) is 0 Å². The number of hydroxylamine groups is 1. The van der Waals surface area contributed by atoms with Crippen molar-refractivity contribution in [2.45, 2.75) is 17.4 Å². The summed E-state index contributed by atoms with van der Waals surface area (Å²) in [4.78, 5) is 19.4. The summed E-state index contributed by atoms with van der Waals surface area (Å²) in [6.45, 7) is 0.440. The lowest BCUT2D eigenvalue weighted by Crippen LogP contribution is -2.41. The summed E-state index contributed by atoms with van der Waals surface area (Å²) in [5.41, 5.74) is 1.47. The van der Waals surface area contributed by atoms with Crippen molar-refractivity contribution in [3.05, 3.63) is 65.7 Å². The highest BCUT2D eigenvalue weighted by atomic mass is 32.2. The Kier molecular flexibility index (Phi) is 7.70. The third-order valence-electron chi connectivity index (χ3n) is 4.53. The molecule has 0 aliphatic rings. The second kappa shape index (κ2) is 9.79. The SMILES string of the molecule is CON(C)S(=O)(=O)c1cccc(C(=O)NCC(Cc2ccccc2)N(C)C)c1.